The number of nitro benzene ring substituents is 2. The lowest BCUT2D eigenvalue weighted by Gasteiger charge is -2.28. The van der Waals surface area contributed by atoms with Crippen LogP contribution in [0, 0.1) is 20.2 Å². The molecular formula is C18H24N4O4. The molecule has 0 amide bonds. The van der Waals surface area contributed by atoms with Gasteiger partial charge in [0.05, 0.1) is 9.85 Å². The van der Waals surface area contributed by atoms with Gasteiger partial charge in [0, 0.05) is 55.1 Å². The molecule has 0 aliphatic rings. The lowest BCUT2D eigenvalue weighted by atomic mass is 10.0. The molecule has 0 aliphatic heterocycles. The number of non-ortho nitro benzene ring substituents is 2. The van der Waals surface area contributed by atoms with Crippen molar-refractivity contribution in [2.45, 2.75) is 27.7 Å². The van der Waals surface area contributed by atoms with Crippen molar-refractivity contribution in [3.05, 3.63) is 44.5 Å². The Bertz CT molecular complexity index is 765. The summed E-state index contributed by atoms with van der Waals surface area (Å²) in [5.74, 6) is 0. The number of fused-ring (bicyclic) bond motifs is 1. The van der Waals surface area contributed by atoms with Gasteiger partial charge in [-0.15, -0.1) is 0 Å². The summed E-state index contributed by atoms with van der Waals surface area (Å²) in [6.45, 7) is 10.8. The molecule has 0 spiro atoms. The van der Waals surface area contributed by atoms with Crippen LogP contribution >= 0.6 is 0 Å². The fraction of sp³-hybridized carbons (Fsp3) is 0.444. The molecule has 0 saturated heterocycles. The first-order valence-corrected chi connectivity index (χ1v) is 8.79. The molecule has 2 aromatic rings. The van der Waals surface area contributed by atoms with E-state index in [1.165, 1.54) is 12.1 Å². The third-order valence-electron chi connectivity index (χ3n) is 4.67. The molecule has 0 N–H and O–H groups in total. The van der Waals surface area contributed by atoms with E-state index in [1.807, 2.05) is 27.7 Å². The number of rotatable bonds is 8. The summed E-state index contributed by atoms with van der Waals surface area (Å²) in [6.07, 6.45) is 0. The van der Waals surface area contributed by atoms with E-state index in [9.17, 15) is 20.2 Å². The summed E-state index contributed by atoms with van der Waals surface area (Å²) in [6, 6.07) is 6.14. The summed E-state index contributed by atoms with van der Waals surface area (Å²) in [4.78, 5) is 26.2. The largest absolute Gasteiger partial charge is 0.372 e. The normalized spacial score (nSPS) is 10.8. The van der Waals surface area contributed by atoms with E-state index in [0.717, 1.165) is 11.4 Å². The highest BCUT2D eigenvalue weighted by atomic mass is 16.6. The van der Waals surface area contributed by atoms with Gasteiger partial charge in [-0.05, 0) is 39.8 Å². The molecule has 0 aromatic heterocycles. The molecule has 2 aromatic carbocycles. The number of nitrogens with zero attached hydrogens (tertiary/aromatic N) is 4. The molecule has 0 radical (unpaired) electrons. The van der Waals surface area contributed by atoms with Gasteiger partial charge in [-0.2, -0.15) is 0 Å². The van der Waals surface area contributed by atoms with Crippen LogP contribution in [0.4, 0.5) is 22.7 Å². The summed E-state index contributed by atoms with van der Waals surface area (Å²) in [7, 11) is 0. The SMILES string of the molecule is CCN(CC)c1ccc([N+](=O)[O-])c2c([N+](=O)[O-])ccc(N(CC)CC)c12. The van der Waals surface area contributed by atoms with Gasteiger partial charge in [-0.25, -0.2) is 0 Å². The van der Waals surface area contributed by atoms with Crippen LogP contribution in [-0.4, -0.2) is 36.0 Å². The molecule has 140 valence electrons. The molecule has 0 unspecified atom stereocenters. The van der Waals surface area contributed by atoms with E-state index in [1.54, 1.807) is 12.1 Å². The highest BCUT2D eigenvalue weighted by Crippen LogP contribution is 2.44. The Morgan fingerprint density at radius 1 is 0.692 bits per heavy atom. The minimum absolute atomic E-state index is 0.0915. The Kier molecular flexibility index (Phi) is 5.97. The Morgan fingerprint density at radius 3 is 1.31 bits per heavy atom. The Balaban J connectivity index is 3.06. The van der Waals surface area contributed by atoms with Gasteiger partial charge < -0.3 is 9.80 Å². The van der Waals surface area contributed by atoms with Crippen LogP contribution in [0.5, 0.6) is 0 Å². The highest BCUT2D eigenvalue weighted by Gasteiger charge is 2.28. The zero-order chi connectivity index (χ0) is 19.4. The van der Waals surface area contributed by atoms with Crippen molar-refractivity contribution in [1.82, 2.24) is 0 Å². The Labute approximate surface area is 152 Å². The zero-order valence-electron chi connectivity index (χ0n) is 15.6. The molecule has 26 heavy (non-hydrogen) atoms. The highest BCUT2D eigenvalue weighted by molar-refractivity contribution is 6.12. The minimum atomic E-state index is -0.548. The van der Waals surface area contributed by atoms with E-state index < -0.39 is 9.85 Å². The van der Waals surface area contributed by atoms with Crippen LogP contribution < -0.4 is 9.80 Å². The van der Waals surface area contributed by atoms with Crippen LogP contribution in [0.3, 0.4) is 0 Å². The second kappa shape index (κ2) is 7.99. The monoisotopic (exact) mass is 360 g/mol. The first-order chi connectivity index (χ1) is 12.4. The first kappa shape index (κ1) is 19.4. The summed E-state index contributed by atoms with van der Waals surface area (Å²) in [5.41, 5.74) is 1.08. The molecule has 2 rings (SSSR count). The summed E-state index contributed by atoms with van der Waals surface area (Å²) >= 11 is 0. The second-order valence-corrected chi connectivity index (χ2v) is 5.82. The van der Waals surface area contributed by atoms with Gasteiger partial charge in [0.25, 0.3) is 11.4 Å². The number of hydrogen-bond donors (Lipinski definition) is 0. The van der Waals surface area contributed by atoms with Gasteiger partial charge >= 0.3 is 0 Å². The van der Waals surface area contributed by atoms with Crippen LogP contribution in [-0.2, 0) is 0 Å². The van der Waals surface area contributed by atoms with Crippen LogP contribution in [0.2, 0.25) is 0 Å². The maximum absolute atomic E-state index is 11.6. The van der Waals surface area contributed by atoms with Gasteiger partial charge in [0.1, 0.15) is 5.39 Å². The van der Waals surface area contributed by atoms with E-state index in [-0.39, 0.29) is 16.8 Å². The number of nitro groups is 2. The predicted octanol–water partition coefficient (Wildman–Crippen LogP) is 4.35. The maximum Gasteiger partial charge on any atom is 0.284 e. The molecule has 0 saturated carbocycles. The Hall–Kier alpha value is -2.90. The van der Waals surface area contributed by atoms with E-state index in [2.05, 4.69) is 9.80 Å². The van der Waals surface area contributed by atoms with Crippen molar-refractivity contribution >= 4 is 33.5 Å². The molecular weight excluding hydrogens is 336 g/mol. The third-order valence-corrected chi connectivity index (χ3v) is 4.67. The van der Waals surface area contributed by atoms with Crippen LogP contribution in [0.15, 0.2) is 24.3 Å². The predicted molar refractivity (Wildman–Crippen MR) is 104 cm³/mol. The van der Waals surface area contributed by atoms with E-state index >= 15 is 0 Å². The molecule has 0 heterocycles. The summed E-state index contributed by atoms with van der Waals surface area (Å²) in [5, 5.41) is 23.8. The topological polar surface area (TPSA) is 92.8 Å². The van der Waals surface area contributed by atoms with Crippen molar-refractivity contribution in [1.29, 1.82) is 0 Å². The average Bonchev–Trinajstić information content (AvgIpc) is 2.63. The molecule has 0 bridgehead atoms. The van der Waals surface area contributed by atoms with Crippen molar-refractivity contribution in [3.8, 4) is 0 Å². The fourth-order valence-electron chi connectivity index (χ4n) is 3.38. The second-order valence-electron chi connectivity index (χ2n) is 5.82. The fourth-order valence-corrected chi connectivity index (χ4v) is 3.38. The first-order valence-electron chi connectivity index (χ1n) is 8.79. The van der Waals surface area contributed by atoms with Crippen LogP contribution in [0.25, 0.3) is 10.8 Å². The summed E-state index contributed by atoms with van der Waals surface area (Å²) < 4.78 is 0. The quantitative estimate of drug-likeness (QED) is 0.513. The van der Waals surface area contributed by atoms with Gasteiger partial charge in [-0.1, -0.05) is 0 Å². The van der Waals surface area contributed by atoms with Crippen molar-refractivity contribution in [2.75, 3.05) is 36.0 Å². The third kappa shape index (κ3) is 3.26. The Morgan fingerprint density at radius 2 is 1.04 bits per heavy atom. The van der Waals surface area contributed by atoms with Gasteiger partial charge in [0.2, 0.25) is 0 Å². The van der Waals surface area contributed by atoms with Crippen molar-refractivity contribution in [2.24, 2.45) is 0 Å². The van der Waals surface area contributed by atoms with Gasteiger partial charge in [-0.3, -0.25) is 20.2 Å². The molecule has 0 atom stereocenters. The smallest absolute Gasteiger partial charge is 0.284 e. The van der Waals surface area contributed by atoms with Crippen molar-refractivity contribution < 1.29 is 9.85 Å². The molecule has 0 fully saturated rings. The molecule has 0 aliphatic carbocycles. The number of benzene rings is 2. The van der Waals surface area contributed by atoms with E-state index in [0.29, 0.717) is 31.6 Å². The standard InChI is InChI=1S/C18H24N4O4/c1-5-19(6-2)13-9-11-15(21(23)24)18-16(22(25)26)12-10-14(17(13)18)20(7-3)8-4/h9-12H,5-8H2,1-4H3. The van der Waals surface area contributed by atoms with E-state index in [4.69, 9.17) is 0 Å². The van der Waals surface area contributed by atoms with Crippen molar-refractivity contribution in [3.63, 3.8) is 0 Å². The van der Waals surface area contributed by atoms with Gasteiger partial charge in [0.15, 0.2) is 0 Å². The minimum Gasteiger partial charge on any atom is -0.372 e. The number of hydrogen-bond acceptors (Lipinski definition) is 6. The average molecular weight is 360 g/mol. The lowest BCUT2D eigenvalue weighted by Crippen LogP contribution is -2.25. The maximum atomic E-state index is 11.6. The van der Waals surface area contributed by atoms with Crippen LogP contribution in [0.1, 0.15) is 27.7 Å². The zero-order valence-corrected chi connectivity index (χ0v) is 15.6. The lowest BCUT2D eigenvalue weighted by molar-refractivity contribution is -0.390. The molecule has 8 heteroatoms. The number of anilines is 2. The molecule has 8 nitrogen and oxygen atoms in total.